The monoisotopic (exact) mass is 270 g/mol. The van der Waals surface area contributed by atoms with Gasteiger partial charge in [-0.1, -0.05) is 19.1 Å². The first kappa shape index (κ1) is 16.4. The first-order valence-corrected chi connectivity index (χ1v) is 6.47. The maximum Gasteiger partial charge on any atom is 1.00 e. The van der Waals surface area contributed by atoms with Crippen LogP contribution in [-0.4, -0.2) is 18.3 Å². The van der Waals surface area contributed by atoms with Gasteiger partial charge >= 0.3 is 29.6 Å². The van der Waals surface area contributed by atoms with Crippen LogP contribution in [0, 0.1) is 0 Å². The molecule has 0 saturated carbocycles. The third kappa shape index (κ3) is 5.17. The number of alkyl halides is 1. The molecule has 0 radical (unpaired) electrons. The summed E-state index contributed by atoms with van der Waals surface area (Å²) in [6, 6.07) is 5.99. The first-order chi connectivity index (χ1) is 6.93. The number of hydrogen-bond donors (Lipinski definition) is 0. The van der Waals surface area contributed by atoms with Crippen LogP contribution < -0.4 is 29.6 Å². The molecule has 0 heterocycles. The topological polar surface area (TPSA) is 57.2 Å². The van der Waals surface area contributed by atoms with Crippen molar-refractivity contribution in [2.75, 3.05) is 0 Å². The third-order valence-electron chi connectivity index (χ3n) is 2.09. The van der Waals surface area contributed by atoms with E-state index in [0.29, 0.717) is 6.42 Å². The predicted octanol–water partition coefficient (Wildman–Crippen LogP) is -0.845. The van der Waals surface area contributed by atoms with E-state index >= 15 is 0 Å². The summed E-state index contributed by atoms with van der Waals surface area (Å²) in [6.07, 6.45) is 1.37. The molecule has 1 aromatic rings. The minimum atomic E-state index is -4.36. The summed E-state index contributed by atoms with van der Waals surface area (Å²) in [5.74, 6) is 0. The molecule has 0 N–H and O–H groups in total. The zero-order valence-electron chi connectivity index (χ0n) is 9.31. The second kappa shape index (κ2) is 6.99. The Balaban J connectivity index is 0.00000225. The molecule has 0 aliphatic rings. The van der Waals surface area contributed by atoms with Crippen LogP contribution in [0.2, 0.25) is 0 Å². The number of rotatable bonds is 4. The van der Waals surface area contributed by atoms with Crippen molar-refractivity contribution in [1.82, 2.24) is 0 Å². The molecule has 0 spiro atoms. The largest absolute Gasteiger partial charge is 1.00 e. The Morgan fingerprint density at radius 2 is 2.06 bits per heavy atom. The molecular formula is C10H12ClNaO3S. The number of hydrogen-bond acceptors (Lipinski definition) is 3. The van der Waals surface area contributed by atoms with Gasteiger partial charge in [0.1, 0.15) is 10.1 Å². The third-order valence-corrected chi connectivity index (χ3v) is 3.38. The Bertz CT molecular complexity index is 433. The number of halogens is 1. The van der Waals surface area contributed by atoms with E-state index < -0.39 is 10.1 Å². The fourth-order valence-corrected chi connectivity index (χ4v) is 1.95. The first-order valence-electron chi connectivity index (χ1n) is 4.62. The minimum absolute atomic E-state index is 0. The van der Waals surface area contributed by atoms with Crippen LogP contribution >= 0.6 is 11.6 Å². The van der Waals surface area contributed by atoms with E-state index in [0.717, 1.165) is 12.0 Å². The maximum absolute atomic E-state index is 10.8. The van der Waals surface area contributed by atoms with Crippen molar-refractivity contribution in [1.29, 1.82) is 0 Å². The predicted molar refractivity (Wildman–Crippen MR) is 58.0 cm³/mol. The molecule has 1 unspecified atom stereocenters. The Morgan fingerprint density at radius 3 is 2.56 bits per heavy atom. The molecule has 0 aliphatic carbocycles. The van der Waals surface area contributed by atoms with Crippen molar-refractivity contribution in [2.45, 2.75) is 30.0 Å². The quantitative estimate of drug-likeness (QED) is 0.407. The smallest absolute Gasteiger partial charge is 0.744 e. The van der Waals surface area contributed by atoms with E-state index in [9.17, 15) is 13.0 Å². The van der Waals surface area contributed by atoms with Gasteiger partial charge < -0.3 is 4.55 Å². The van der Waals surface area contributed by atoms with Crippen LogP contribution in [0.5, 0.6) is 0 Å². The van der Waals surface area contributed by atoms with Crippen molar-refractivity contribution in [3.63, 3.8) is 0 Å². The standard InChI is InChI=1S/C10H13ClO3S.Na/c1-2-9(11)6-8-4-3-5-10(7-8)15(12,13)14;/h3-5,7,9H,2,6H2,1H3,(H,12,13,14);/q;+1/p-1. The van der Waals surface area contributed by atoms with Crippen molar-refractivity contribution >= 4 is 21.7 Å². The molecular weight excluding hydrogens is 259 g/mol. The van der Waals surface area contributed by atoms with Gasteiger partial charge in [-0.15, -0.1) is 11.6 Å². The van der Waals surface area contributed by atoms with E-state index in [2.05, 4.69) is 0 Å². The van der Waals surface area contributed by atoms with Crippen LogP contribution in [0.1, 0.15) is 18.9 Å². The fourth-order valence-electron chi connectivity index (χ4n) is 1.23. The molecule has 0 aliphatic heterocycles. The van der Waals surface area contributed by atoms with Crippen LogP contribution in [0.3, 0.4) is 0 Å². The fraction of sp³-hybridized carbons (Fsp3) is 0.400. The maximum atomic E-state index is 10.8. The SMILES string of the molecule is CCC(Cl)Cc1cccc(S(=O)(=O)[O-])c1.[Na+]. The van der Waals surface area contributed by atoms with Gasteiger partial charge in [0.25, 0.3) is 0 Å². The second-order valence-corrected chi connectivity index (χ2v) is 5.31. The Hall–Kier alpha value is 0.420. The van der Waals surface area contributed by atoms with Crippen LogP contribution in [0.4, 0.5) is 0 Å². The Morgan fingerprint density at radius 1 is 1.44 bits per heavy atom. The van der Waals surface area contributed by atoms with Crippen molar-refractivity contribution in [3.8, 4) is 0 Å². The van der Waals surface area contributed by atoms with Gasteiger partial charge in [0.05, 0.1) is 4.90 Å². The molecule has 1 atom stereocenters. The summed E-state index contributed by atoms with van der Waals surface area (Å²) in [4.78, 5) is -0.194. The Kier molecular flexibility index (Phi) is 7.17. The second-order valence-electron chi connectivity index (χ2n) is 3.31. The van der Waals surface area contributed by atoms with Crippen LogP contribution in [0.25, 0.3) is 0 Å². The summed E-state index contributed by atoms with van der Waals surface area (Å²) in [5.41, 5.74) is 0.772. The zero-order chi connectivity index (χ0) is 11.5. The van der Waals surface area contributed by atoms with Gasteiger partial charge in [-0.3, -0.25) is 0 Å². The molecule has 6 heteroatoms. The van der Waals surface area contributed by atoms with E-state index in [4.69, 9.17) is 11.6 Å². The summed E-state index contributed by atoms with van der Waals surface area (Å²) in [6.45, 7) is 1.95. The van der Waals surface area contributed by atoms with Crippen molar-refractivity contribution in [3.05, 3.63) is 29.8 Å². The molecule has 84 valence electrons. The number of benzene rings is 1. The van der Waals surface area contributed by atoms with Gasteiger partial charge in [-0.2, -0.15) is 0 Å². The van der Waals surface area contributed by atoms with E-state index in [-0.39, 0.29) is 39.8 Å². The molecule has 3 nitrogen and oxygen atoms in total. The van der Waals surface area contributed by atoms with Gasteiger partial charge in [0, 0.05) is 5.38 Å². The molecule has 0 amide bonds. The summed E-state index contributed by atoms with van der Waals surface area (Å²) >= 11 is 5.94. The summed E-state index contributed by atoms with van der Waals surface area (Å²) in [5, 5.41) is -0.0328. The van der Waals surface area contributed by atoms with Crippen LogP contribution in [0.15, 0.2) is 29.2 Å². The average molecular weight is 271 g/mol. The zero-order valence-corrected chi connectivity index (χ0v) is 12.9. The average Bonchev–Trinajstić information content (AvgIpc) is 2.17. The van der Waals surface area contributed by atoms with Crippen molar-refractivity contribution in [2.24, 2.45) is 0 Å². The molecule has 1 rings (SSSR count). The molecule has 0 aromatic heterocycles. The van der Waals surface area contributed by atoms with Gasteiger partial charge in [0.15, 0.2) is 0 Å². The summed E-state index contributed by atoms with van der Waals surface area (Å²) in [7, 11) is -4.36. The molecule has 0 fully saturated rings. The normalized spacial score (nSPS) is 12.9. The minimum Gasteiger partial charge on any atom is -0.744 e. The molecule has 0 saturated heterocycles. The molecule has 1 aromatic carbocycles. The van der Waals surface area contributed by atoms with Crippen LogP contribution in [-0.2, 0) is 16.5 Å². The summed E-state index contributed by atoms with van der Waals surface area (Å²) < 4.78 is 32.3. The van der Waals surface area contributed by atoms with E-state index in [1.165, 1.54) is 12.1 Å². The van der Waals surface area contributed by atoms with Crippen molar-refractivity contribution < 1.29 is 42.5 Å². The molecule has 0 bridgehead atoms. The molecule has 16 heavy (non-hydrogen) atoms. The van der Waals surface area contributed by atoms with Gasteiger partial charge in [-0.05, 0) is 30.5 Å². The Labute approximate surface area is 123 Å². The van der Waals surface area contributed by atoms with E-state index in [1.807, 2.05) is 6.92 Å². The van der Waals surface area contributed by atoms with Gasteiger partial charge in [0.2, 0.25) is 0 Å². The van der Waals surface area contributed by atoms with E-state index in [1.54, 1.807) is 12.1 Å². The van der Waals surface area contributed by atoms with Gasteiger partial charge in [-0.25, -0.2) is 8.42 Å².